The van der Waals surface area contributed by atoms with Gasteiger partial charge < -0.3 is 34.1 Å². The molecule has 190 valence electrons. The third-order valence-corrected chi connectivity index (χ3v) is 7.91. The van der Waals surface area contributed by atoms with Crippen LogP contribution in [0.15, 0.2) is 24.7 Å². The number of fused-ring (bicyclic) bond motifs is 2. The number of benzene rings is 1. The molecule has 0 unspecified atom stereocenters. The lowest BCUT2D eigenvalue weighted by Crippen LogP contribution is -2.38. The van der Waals surface area contributed by atoms with Gasteiger partial charge in [-0.3, -0.25) is 0 Å². The first-order chi connectivity index (χ1) is 17.6. The van der Waals surface area contributed by atoms with Gasteiger partial charge in [-0.25, -0.2) is 9.97 Å². The van der Waals surface area contributed by atoms with E-state index in [1.165, 1.54) is 0 Å². The number of rotatable bonds is 8. The van der Waals surface area contributed by atoms with Gasteiger partial charge in [-0.1, -0.05) is 6.92 Å². The second-order valence-corrected chi connectivity index (χ2v) is 9.82. The van der Waals surface area contributed by atoms with E-state index in [-0.39, 0.29) is 12.6 Å². The van der Waals surface area contributed by atoms with Crippen LogP contribution in [-0.2, 0) is 12.8 Å². The number of aryl methyl sites for hydroxylation is 1. The summed E-state index contributed by atoms with van der Waals surface area (Å²) in [5.41, 5.74) is 3.08. The second kappa shape index (κ2) is 8.85. The topological polar surface area (TPSA) is 107 Å². The van der Waals surface area contributed by atoms with Crippen LogP contribution in [0.2, 0.25) is 0 Å². The van der Waals surface area contributed by atoms with E-state index in [4.69, 9.17) is 24.2 Å². The summed E-state index contributed by atoms with van der Waals surface area (Å²) in [7, 11) is 4.78. The first-order valence-electron chi connectivity index (χ1n) is 12.5. The Morgan fingerprint density at radius 3 is 2.56 bits per heavy atom. The number of piperidine rings is 1. The van der Waals surface area contributed by atoms with Gasteiger partial charge in [0.2, 0.25) is 11.7 Å². The van der Waals surface area contributed by atoms with Crippen LogP contribution in [0.5, 0.6) is 17.2 Å². The van der Waals surface area contributed by atoms with Gasteiger partial charge in [0, 0.05) is 23.7 Å². The molecule has 3 heterocycles. The van der Waals surface area contributed by atoms with E-state index in [0.717, 1.165) is 54.4 Å². The Labute approximate surface area is 210 Å². The van der Waals surface area contributed by atoms with Crippen molar-refractivity contribution in [3.63, 3.8) is 0 Å². The molecule has 0 bridgehead atoms. The molecule has 3 aliphatic rings. The quantitative estimate of drug-likeness (QED) is 0.490. The zero-order chi connectivity index (χ0) is 25.0. The summed E-state index contributed by atoms with van der Waals surface area (Å²) in [5.74, 6) is 5.14. The van der Waals surface area contributed by atoms with Crippen molar-refractivity contribution in [1.82, 2.24) is 19.5 Å². The molecule has 1 aliphatic heterocycles. The standard InChI is InChI=1S/C26H32N6O4/c1-14-18-8-16(12-33)32(23(14)18)26-28-19-7-5-6-17(19)25(30-26)29-22-11-31(13-27-22)15-9-20(34-2)24(36-4)21(10-15)35-3/h9-11,13-14,16,18,23,33H,5-8,12H2,1-4H3,(H,28,29,30)/t14-,16+,18+,23-/m1/s1. The number of aromatic nitrogens is 4. The molecule has 1 saturated heterocycles. The Morgan fingerprint density at radius 1 is 1.08 bits per heavy atom. The number of ether oxygens (including phenoxy) is 3. The molecule has 0 amide bonds. The molecular weight excluding hydrogens is 460 g/mol. The van der Waals surface area contributed by atoms with Crippen LogP contribution in [0.25, 0.3) is 5.69 Å². The fourth-order valence-electron chi connectivity index (χ4n) is 5.97. The Kier molecular flexibility index (Phi) is 5.63. The largest absolute Gasteiger partial charge is 0.493 e. The third-order valence-electron chi connectivity index (χ3n) is 7.91. The van der Waals surface area contributed by atoms with Crippen LogP contribution >= 0.6 is 0 Å². The summed E-state index contributed by atoms with van der Waals surface area (Å²) in [6.45, 7) is 2.40. The molecule has 0 radical (unpaired) electrons. The lowest BCUT2D eigenvalue weighted by molar-refractivity contribution is 0.255. The molecule has 2 fully saturated rings. The van der Waals surface area contributed by atoms with Gasteiger partial charge in [-0.05, 0) is 37.5 Å². The van der Waals surface area contributed by atoms with E-state index >= 15 is 0 Å². The molecule has 10 nitrogen and oxygen atoms in total. The zero-order valence-electron chi connectivity index (χ0n) is 21.1. The molecule has 0 spiro atoms. The van der Waals surface area contributed by atoms with Crippen molar-refractivity contribution in [3.8, 4) is 22.9 Å². The fourth-order valence-corrected chi connectivity index (χ4v) is 5.97. The normalized spacial score (nSPS) is 23.9. The Balaban J connectivity index is 1.32. The number of aliphatic hydroxyl groups excluding tert-OH is 1. The van der Waals surface area contributed by atoms with Gasteiger partial charge >= 0.3 is 0 Å². The van der Waals surface area contributed by atoms with Gasteiger partial charge in [0.25, 0.3) is 0 Å². The fraction of sp³-hybridized carbons (Fsp3) is 0.500. The number of anilines is 3. The van der Waals surface area contributed by atoms with Crippen LogP contribution in [0.1, 0.15) is 31.0 Å². The number of nitrogens with one attached hydrogen (secondary N) is 1. The van der Waals surface area contributed by atoms with Crippen molar-refractivity contribution >= 4 is 17.6 Å². The predicted molar refractivity (Wildman–Crippen MR) is 135 cm³/mol. The summed E-state index contributed by atoms with van der Waals surface area (Å²) in [4.78, 5) is 16.8. The molecular formula is C26H32N6O4. The van der Waals surface area contributed by atoms with Crippen molar-refractivity contribution in [2.75, 3.05) is 38.2 Å². The Morgan fingerprint density at radius 2 is 1.86 bits per heavy atom. The average molecular weight is 493 g/mol. The van der Waals surface area contributed by atoms with E-state index in [1.54, 1.807) is 27.7 Å². The van der Waals surface area contributed by atoms with Crippen LogP contribution in [0.4, 0.5) is 17.6 Å². The third kappa shape index (κ3) is 3.62. The van der Waals surface area contributed by atoms with Crippen molar-refractivity contribution in [2.45, 2.75) is 44.7 Å². The van der Waals surface area contributed by atoms with E-state index in [1.807, 2.05) is 22.9 Å². The van der Waals surface area contributed by atoms with Gasteiger partial charge in [-0.15, -0.1) is 0 Å². The molecule has 10 heteroatoms. The van der Waals surface area contributed by atoms with Gasteiger partial charge in [0.05, 0.1) is 51.6 Å². The van der Waals surface area contributed by atoms with E-state index in [2.05, 4.69) is 22.1 Å². The number of imidazole rings is 1. The number of methoxy groups -OCH3 is 3. The highest BCUT2D eigenvalue weighted by Crippen LogP contribution is 2.54. The van der Waals surface area contributed by atoms with Crippen LogP contribution < -0.4 is 24.4 Å². The van der Waals surface area contributed by atoms with Crippen molar-refractivity contribution in [3.05, 3.63) is 35.9 Å². The summed E-state index contributed by atoms with van der Waals surface area (Å²) in [5, 5.41) is 13.4. The van der Waals surface area contributed by atoms with Crippen molar-refractivity contribution < 1.29 is 19.3 Å². The summed E-state index contributed by atoms with van der Waals surface area (Å²) in [6.07, 6.45) is 7.61. The van der Waals surface area contributed by atoms with Gasteiger partial charge in [-0.2, -0.15) is 4.98 Å². The van der Waals surface area contributed by atoms with Crippen LogP contribution in [0.3, 0.4) is 0 Å². The zero-order valence-corrected chi connectivity index (χ0v) is 21.1. The number of hydrogen-bond donors (Lipinski definition) is 2. The molecule has 1 saturated carbocycles. The van der Waals surface area contributed by atoms with E-state index in [9.17, 15) is 5.11 Å². The van der Waals surface area contributed by atoms with Crippen LogP contribution in [-0.4, -0.2) is 64.6 Å². The minimum absolute atomic E-state index is 0.0859. The van der Waals surface area contributed by atoms with Crippen molar-refractivity contribution in [2.24, 2.45) is 11.8 Å². The van der Waals surface area contributed by atoms with Gasteiger partial charge in [0.1, 0.15) is 18.0 Å². The number of hydrogen-bond acceptors (Lipinski definition) is 9. The maximum Gasteiger partial charge on any atom is 0.228 e. The summed E-state index contributed by atoms with van der Waals surface area (Å²) < 4.78 is 18.3. The predicted octanol–water partition coefficient (Wildman–Crippen LogP) is 3.13. The lowest BCUT2D eigenvalue weighted by Gasteiger charge is -2.28. The number of nitrogens with zero attached hydrogens (tertiary/aromatic N) is 5. The molecule has 2 aliphatic carbocycles. The lowest BCUT2D eigenvalue weighted by atomic mass is 10.1. The first kappa shape index (κ1) is 22.9. The van der Waals surface area contributed by atoms with Crippen LogP contribution in [0, 0.1) is 11.8 Å². The molecule has 36 heavy (non-hydrogen) atoms. The first-order valence-corrected chi connectivity index (χ1v) is 12.5. The smallest absolute Gasteiger partial charge is 0.228 e. The average Bonchev–Trinajstić information content (AvgIpc) is 3.39. The second-order valence-electron chi connectivity index (χ2n) is 9.82. The minimum Gasteiger partial charge on any atom is -0.493 e. The highest BCUT2D eigenvalue weighted by Gasteiger charge is 2.59. The molecule has 6 rings (SSSR count). The van der Waals surface area contributed by atoms with E-state index < -0.39 is 0 Å². The maximum atomic E-state index is 9.99. The highest BCUT2D eigenvalue weighted by molar-refractivity contribution is 5.62. The SMILES string of the molecule is COc1cc(-n2cnc(Nc3nc(N4[C@H](CO)C[C@H]5[C@@H](C)[C@H]54)nc4c3CCC4)c2)cc(OC)c1OC. The summed E-state index contributed by atoms with van der Waals surface area (Å²) >= 11 is 0. The molecule has 1 aromatic carbocycles. The van der Waals surface area contributed by atoms with Gasteiger partial charge in [0.15, 0.2) is 11.5 Å². The minimum atomic E-state index is 0.0859. The molecule has 3 aromatic rings. The highest BCUT2D eigenvalue weighted by atomic mass is 16.5. The Hall–Kier alpha value is -3.53. The molecule has 2 N–H and O–H groups in total. The monoisotopic (exact) mass is 492 g/mol. The molecule has 4 atom stereocenters. The number of aliphatic hydroxyl groups is 1. The Bertz CT molecular complexity index is 1270. The van der Waals surface area contributed by atoms with E-state index in [0.29, 0.717) is 40.9 Å². The maximum absolute atomic E-state index is 9.99. The summed E-state index contributed by atoms with van der Waals surface area (Å²) in [6, 6.07) is 4.27. The molecule has 2 aromatic heterocycles. The van der Waals surface area contributed by atoms with Crippen molar-refractivity contribution in [1.29, 1.82) is 0 Å².